The van der Waals surface area contributed by atoms with Crippen LogP contribution in [0.15, 0.2) is 60.7 Å². The molecule has 0 aliphatic carbocycles. The van der Waals surface area contributed by atoms with Gasteiger partial charge in [0.2, 0.25) is 5.91 Å². The summed E-state index contributed by atoms with van der Waals surface area (Å²) in [6, 6.07) is 16.1. The Bertz CT molecular complexity index is 1060. The van der Waals surface area contributed by atoms with E-state index in [1.54, 1.807) is 29.0 Å². The van der Waals surface area contributed by atoms with E-state index < -0.39 is 4.92 Å². The number of nitro benzene ring substituents is 1. The molecular formula is C21H19ClN4O3. The lowest BCUT2D eigenvalue weighted by Gasteiger charge is -2.04. The normalized spacial score (nSPS) is 11.0. The minimum atomic E-state index is -0.471. The van der Waals surface area contributed by atoms with Crippen LogP contribution in [-0.2, 0) is 17.9 Å². The molecule has 29 heavy (non-hydrogen) atoms. The predicted octanol–water partition coefficient (Wildman–Crippen LogP) is 4.13. The van der Waals surface area contributed by atoms with Gasteiger partial charge in [-0.1, -0.05) is 60.1 Å². The number of carbonyl (C=O) groups excluding carboxylic acids is 1. The predicted molar refractivity (Wildman–Crippen MR) is 111 cm³/mol. The first-order valence-corrected chi connectivity index (χ1v) is 9.28. The van der Waals surface area contributed by atoms with Crippen LogP contribution in [0.2, 0.25) is 5.15 Å². The Morgan fingerprint density at radius 2 is 1.90 bits per heavy atom. The summed E-state index contributed by atoms with van der Waals surface area (Å²) in [6.45, 7) is 2.40. The molecular weight excluding hydrogens is 392 g/mol. The highest BCUT2D eigenvalue weighted by Crippen LogP contribution is 2.22. The molecule has 1 N–H and O–H groups in total. The smallest absolute Gasteiger partial charge is 0.274 e. The molecule has 0 bridgehead atoms. The van der Waals surface area contributed by atoms with Crippen LogP contribution in [0.5, 0.6) is 0 Å². The maximum atomic E-state index is 12.2. The van der Waals surface area contributed by atoms with Crippen molar-refractivity contribution < 1.29 is 9.72 Å². The summed E-state index contributed by atoms with van der Waals surface area (Å²) in [4.78, 5) is 22.7. The van der Waals surface area contributed by atoms with Crippen LogP contribution in [0.25, 0.3) is 6.08 Å². The second kappa shape index (κ2) is 9.16. The van der Waals surface area contributed by atoms with Crippen LogP contribution in [-0.4, -0.2) is 20.6 Å². The van der Waals surface area contributed by atoms with Gasteiger partial charge in [-0.2, -0.15) is 5.10 Å². The molecule has 0 aliphatic heterocycles. The van der Waals surface area contributed by atoms with Gasteiger partial charge in [0.25, 0.3) is 5.69 Å². The molecule has 0 aliphatic rings. The molecule has 2 aromatic carbocycles. The van der Waals surface area contributed by atoms with E-state index in [9.17, 15) is 14.9 Å². The molecule has 3 rings (SSSR count). The van der Waals surface area contributed by atoms with Gasteiger partial charge in [0, 0.05) is 29.8 Å². The lowest BCUT2D eigenvalue weighted by atomic mass is 10.2. The highest BCUT2D eigenvalue weighted by molar-refractivity contribution is 6.31. The van der Waals surface area contributed by atoms with Crippen LogP contribution >= 0.6 is 11.6 Å². The first kappa shape index (κ1) is 20.3. The maximum absolute atomic E-state index is 12.2. The van der Waals surface area contributed by atoms with Crippen LogP contribution < -0.4 is 5.32 Å². The Balaban J connectivity index is 1.67. The SMILES string of the molecule is Cc1nn(Cc2ccccc2)c(Cl)c1C=CC(=O)NCc1ccccc1[N+](=O)[O-]. The van der Waals surface area contributed by atoms with E-state index in [4.69, 9.17) is 11.6 Å². The van der Waals surface area contributed by atoms with Gasteiger partial charge in [-0.05, 0) is 18.6 Å². The molecule has 0 radical (unpaired) electrons. The third kappa shape index (κ3) is 5.08. The zero-order valence-electron chi connectivity index (χ0n) is 15.7. The Labute approximate surface area is 172 Å². The Kier molecular flexibility index (Phi) is 6.41. The fraction of sp³-hybridized carbons (Fsp3) is 0.143. The molecule has 148 valence electrons. The molecule has 0 atom stereocenters. The molecule has 0 saturated carbocycles. The minimum Gasteiger partial charge on any atom is -0.348 e. The molecule has 0 spiro atoms. The average molecular weight is 411 g/mol. The molecule has 8 heteroatoms. The van der Waals surface area contributed by atoms with Crippen LogP contribution in [0, 0.1) is 17.0 Å². The van der Waals surface area contributed by atoms with Gasteiger partial charge in [-0.25, -0.2) is 4.68 Å². The van der Waals surface area contributed by atoms with Gasteiger partial charge in [0.1, 0.15) is 5.15 Å². The van der Waals surface area contributed by atoms with E-state index in [0.29, 0.717) is 28.5 Å². The van der Waals surface area contributed by atoms with Crippen molar-refractivity contribution in [2.45, 2.75) is 20.0 Å². The number of benzene rings is 2. The molecule has 1 heterocycles. The van der Waals surface area contributed by atoms with Crippen molar-refractivity contribution >= 4 is 29.3 Å². The summed E-state index contributed by atoms with van der Waals surface area (Å²) in [5, 5.41) is 18.6. The Morgan fingerprint density at radius 1 is 1.21 bits per heavy atom. The molecule has 0 fully saturated rings. The standard InChI is InChI=1S/C21H19ClN4O3/c1-15-18(21(22)25(24-15)14-16-7-3-2-4-8-16)11-12-20(27)23-13-17-9-5-6-10-19(17)26(28)29/h2-12H,13-14H2,1H3,(H,23,27). The van der Waals surface area contributed by atoms with Crippen molar-refractivity contribution in [2.75, 3.05) is 0 Å². The molecule has 0 saturated heterocycles. The number of rotatable bonds is 7. The minimum absolute atomic E-state index is 0.0298. The van der Waals surface area contributed by atoms with Crippen molar-refractivity contribution in [3.8, 4) is 0 Å². The Morgan fingerprint density at radius 3 is 2.62 bits per heavy atom. The zero-order chi connectivity index (χ0) is 20.8. The van der Waals surface area contributed by atoms with E-state index >= 15 is 0 Å². The van der Waals surface area contributed by atoms with Crippen molar-refractivity contribution in [2.24, 2.45) is 0 Å². The fourth-order valence-corrected chi connectivity index (χ4v) is 3.15. The van der Waals surface area contributed by atoms with E-state index in [-0.39, 0.29) is 18.1 Å². The van der Waals surface area contributed by atoms with Crippen LogP contribution in [0.4, 0.5) is 5.69 Å². The summed E-state index contributed by atoms with van der Waals surface area (Å²) in [7, 11) is 0. The highest BCUT2D eigenvalue weighted by Gasteiger charge is 2.14. The highest BCUT2D eigenvalue weighted by atomic mass is 35.5. The van der Waals surface area contributed by atoms with Gasteiger partial charge >= 0.3 is 0 Å². The lowest BCUT2D eigenvalue weighted by Crippen LogP contribution is -2.20. The molecule has 7 nitrogen and oxygen atoms in total. The second-order valence-corrected chi connectivity index (χ2v) is 6.73. The van der Waals surface area contributed by atoms with E-state index in [2.05, 4.69) is 10.4 Å². The number of aryl methyl sites for hydroxylation is 1. The first-order valence-electron chi connectivity index (χ1n) is 8.90. The Hall–Kier alpha value is -3.45. The van der Waals surface area contributed by atoms with Crippen molar-refractivity contribution in [3.05, 3.63) is 98.3 Å². The van der Waals surface area contributed by atoms with Gasteiger partial charge in [0.15, 0.2) is 0 Å². The summed E-state index contributed by atoms with van der Waals surface area (Å²) in [5.74, 6) is -0.380. The quantitative estimate of drug-likeness (QED) is 0.360. The lowest BCUT2D eigenvalue weighted by molar-refractivity contribution is -0.385. The monoisotopic (exact) mass is 410 g/mol. The topological polar surface area (TPSA) is 90.1 Å². The fourth-order valence-electron chi connectivity index (χ4n) is 2.86. The number of nitro groups is 1. The molecule has 1 amide bonds. The van der Waals surface area contributed by atoms with Gasteiger partial charge in [-0.15, -0.1) is 0 Å². The molecule has 0 unspecified atom stereocenters. The molecule has 1 aromatic heterocycles. The van der Waals surface area contributed by atoms with Crippen molar-refractivity contribution in [3.63, 3.8) is 0 Å². The number of aromatic nitrogens is 2. The number of halogens is 1. The third-order valence-corrected chi connectivity index (χ3v) is 4.73. The average Bonchev–Trinajstić information content (AvgIpc) is 2.98. The number of hydrogen-bond donors (Lipinski definition) is 1. The second-order valence-electron chi connectivity index (χ2n) is 6.37. The van der Waals surface area contributed by atoms with E-state index in [1.165, 1.54) is 12.1 Å². The summed E-state index contributed by atoms with van der Waals surface area (Å²) in [6.07, 6.45) is 2.94. The summed E-state index contributed by atoms with van der Waals surface area (Å²) < 4.78 is 1.68. The van der Waals surface area contributed by atoms with Gasteiger partial charge in [-0.3, -0.25) is 14.9 Å². The van der Waals surface area contributed by atoms with Crippen molar-refractivity contribution in [1.82, 2.24) is 15.1 Å². The largest absolute Gasteiger partial charge is 0.348 e. The number of nitrogens with one attached hydrogen (secondary N) is 1. The van der Waals surface area contributed by atoms with E-state index in [0.717, 1.165) is 5.56 Å². The third-order valence-electron chi connectivity index (χ3n) is 4.33. The number of carbonyl (C=O) groups is 1. The maximum Gasteiger partial charge on any atom is 0.274 e. The van der Waals surface area contributed by atoms with Crippen LogP contribution in [0.3, 0.4) is 0 Å². The van der Waals surface area contributed by atoms with Crippen molar-refractivity contribution in [1.29, 1.82) is 0 Å². The molecule has 3 aromatic rings. The number of hydrogen-bond acceptors (Lipinski definition) is 4. The number of nitrogens with zero attached hydrogens (tertiary/aromatic N) is 3. The first-order chi connectivity index (χ1) is 14.0. The summed E-state index contributed by atoms with van der Waals surface area (Å²) in [5.41, 5.74) is 2.83. The zero-order valence-corrected chi connectivity index (χ0v) is 16.5. The number of para-hydroxylation sites is 1. The van der Waals surface area contributed by atoms with E-state index in [1.807, 2.05) is 37.3 Å². The van der Waals surface area contributed by atoms with Gasteiger partial charge < -0.3 is 5.32 Å². The van der Waals surface area contributed by atoms with Gasteiger partial charge in [0.05, 0.1) is 17.2 Å². The number of amides is 1. The summed E-state index contributed by atoms with van der Waals surface area (Å²) >= 11 is 6.43. The van der Waals surface area contributed by atoms with Crippen LogP contribution in [0.1, 0.15) is 22.4 Å².